The monoisotopic (exact) mass is 161 g/mol. The molecule has 0 aliphatic carbocycles. The van der Waals surface area contributed by atoms with Crippen molar-refractivity contribution >= 4 is 0 Å². The van der Waals surface area contributed by atoms with Crippen molar-refractivity contribution in [2.45, 2.75) is 43.7 Å². The quantitative estimate of drug-likeness (QED) is 0.524. The van der Waals surface area contributed by atoms with Crippen molar-refractivity contribution in [2.75, 3.05) is 7.05 Å². The van der Waals surface area contributed by atoms with Crippen LogP contribution in [0.25, 0.3) is 0 Å². The van der Waals surface area contributed by atoms with Gasteiger partial charge in [-0.1, -0.05) is 6.42 Å². The molecule has 2 saturated heterocycles. The van der Waals surface area contributed by atoms with Crippen molar-refractivity contribution in [2.24, 2.45) is 0 Å². The molecule has 0 saturated carbocycles. The summed E-state index contributed by atoms with van der Waals surface area (Å²) >= 11 is 0. The first kappa shape index (κ1) is 7.47. The van der Waals surface area contributed by atoms with Crippen LogP contribution in [0, 0.1) is 0 Å². The molecule has 2 fully saturated rings. The summed E-state index contributed by atoms with van der Waals surface area (Å²) < 4.78 is 26.2. The summed E-state index contributed by atoms with van der Waals surface area (Å²) in [6.45, 7) is 0. The number of piperidine rings is 1. The molecular formula is C8H13F2N. The minimum Gasteiger partial charge on any atom is -0.295 e. The van der Waals surface area contributed by atoms with Gasteiger partial charge >= 0.3 is 0 Å². The van der Waals surface area contributed by atoms with Crippen LogP contribution in [0.2, 0.25) is 0 Å². The normalized spacial score (nSPS) is 42.8. The standard InChI is InChI=1S/C8H13F2N/c1-11-6-3-2-4-7(11)8(9,10)5-6/h6-7H,2-5H2,1H3. The van der Waals surface area contributed by atoms with Gasteiger partial charge in [0.05, 0.1) is 6.04 Å². The Balaban J connectivity index is 2.23. The van der Waals surface area contributed by atoms with Crippen molar-refractivity contribution in [1.82, 2.24) is 4.90 Å². The van der Waals surface area contributed by atoms with Gasteiger partial charge in [-0.2, -0.15) is 0 Å². The maximum Gasteiger partial charge on any atom is 0.264 e. The highest BCUT2D eigenvalue weighted by Crippen LogP contribution is 2.44. The van der Waals surface area contributed by atoms with Gasteiger partial charge in [0.2, 0.25) is 0 Å². The number of halogens is 2. The minimum absolute atomic E-state index is 0.0914. The fraction of sp³-hybridized carbons (Fsp3) is 1.00. The lowest BCUT2D eigenvalue weighted by Gasteiger charge is -2.31. The summed E-state index contributed by atoms with van der Waals surface area (Å²) in [7, 11) is 1.83. The van der Waals surface area contributed by atoms with E-state index in [0.717, 1.165) is 12.8 Å². The number of rotatable bonds is 0. The molecule has 11 heavy (non-hydrogen) atoms. The van der Waals surface area contributed by atoms with Crippen LogP contribution in [-0.2, 0) is 0 Å². The third kappa shape index (κ3) is 0.975. The lowest BCUT2D eigenvalue weighted by Crippen LogP contribution is -2.41. The van der Waals surface area contributed by atoms with Gasteiger partial charge in [0.1, 0.15) is 0 Å². The third-order valence-corrected chi connectivity index (χ3v) is 3.08. The summed E-state index contributed by atoms with van der Waals surface area (Å²) in [5.41, 5.74) is 0. The van der Waals surface area contributed by atoms with Crippen molar-refractivity contribution < 1.29 is 8.78 Å². The van der Waals surface area contributed by atoms with E-state index in [0.29, 0.717) is 6.42 Å². The van der Waals surface area contributed by atoms with Crippen LogP contribution in [0.3, 0.4) is 0 Å². The number of hydrogen-bond acceptors (Lipinski definition) is 1. The van der Waals surface area contributed by atoms with Gasteiger partial charge in [0.15, 0.2) is 0 Å². The predicted molar refractivity (Wildman–Crippen MR) is 38.8 cm³/mol. The molecule has 2 unspecified atom stereocenters. The number of nitrogens with zero attached hydrogens (tertiary/aromatic N) is 1. The van der Waals surface area contributed by atoms with E-state index in [1.807, 2.05) is 11.9 Å². The van der Waals surface area contributed by atoms with E-state index in [9.17, 15) is 8.78 Å². The molecule has 64 valence electrons. The van der Waals surface area contributed by atoms with Crippen LogP contribution < -0.4 is 0 Å². The average Bonchev–Trinajstić information content (AvgIpc) is 2.11. The van der Waals surface area contributed by atoms with E-state index in [4.69, 9.17) is 0 Å². The molecule has 0 amide bonds. The van der Waals surface area contributed by atoms with Gasteiger partial charge < -0.3 is 0 Å². The SMILES string of the molecule is CN1C2CCCC1C(F)(F)C2. The zero-order valence-corrected chi connectivity index (χ0v) is 6.69. The Hall–Kier alpha value is -0.180. The molecule has 0 spiro atoms. The second-order valence-corrected chi connectivity index (χ2v) is 3.73. The highest BCUT2D eigenvalue weighted by Gasteiger charge is 2.53. The topological polar surface area (TPSA) is 3.24 Å². The molecule has 0 aromatic carbocycles. The summed E-state index contributed by atoms with van der Waals surface area (Å²) in [5.74, 6) is -2.41. The zero-order valence-electron chi connectivity index (χ0n) is 6.69. The van der Waals surface area contributed by atoms with Gasteiger partial charge in [-0.15, -0.1) is 0 Å². The lowest BCUT2D eigenvalue weighted by molar-refractivity contribution is -0.0332. The molecule has 2 rings (SSSR count). The van der Waals surface area contributed by atoms with Crippen LogP contribution in [0.5, 0.6) is 0 Å². The fourth-order valence-electron chi connectivity index (χ4n) is 2.41. The van der Waals surface area contributed by atoms with Crippen LogP contribution >= 0.6 is 0 Å². The van der Waals surface area contributed by atoms with E-state index in [2.05, 4.69) is 0 Å². The van der Waals surface area contributed by atoms with E-state index in [1.165, 1.54) is 0 Å². The first-order valence-corrected chi connectivity index (χ1v) is 4.21. The zero-order chi connectivity index (χ0) is 8.06. The highest BCUT2D eigenvalue weighted by atomic mass is 19.3. The summed E-state index contributed by atoms with van der Waals surface area (Å²) in [5, 5.41) is 0. The number of hydrogen-bond donors (Lipinski definition) is 0. The maximum atomic E-state index is 13.1. The van der Waals surface area contributed by atoms with Gasteiger partial charge in [0.25, 0.3) is 5.92 Å². The Morgan fingerprint density at radius 2 is 2.09 bits per heavy atom. The molecule has 2 bridgehead atoms. The third-order valence-electron chi connectivity index (χ3n) is 3.08. The van der Waals surface area contributed by atoms with Crippen molar-refractivity contribution in [3.05, 3.63) is 0 Å². The second-order valence-electron chi connectivity index (χ2n) is 3.73. The Labute approximate surface area is 65.4 Å². The van der Waals surface area contributed by atoms with E-state index >= 15 is 0 Å². The molecule has 1 nitrogen and oxygen atoms in total. The Morgan fingerprint density at radius 3 is 2.64 bits per heavy atom. The lowest BCUT2D eigenvalue weighted by atomic mass is 10.0. The minimum atomic E-state index is -2.41. The predicted octanol–water partition coefficient (Wildman–Crippen LogP) is 1.88. The molecule has 0 N–H and O–H groups in total. The molecule has 2 aliphatic rings. The molecular weight excluding hydrogens is 148 g/mol. The first-order valence-electron chi connectivity index (χ1n) is 4.21. The highest BCUT2D eigenvalue weighted by molar-refractivity contribution is 5.00. The van der Waals surface area contributed by atoms with Gasteiger partial charge in [-0.25, -0.2) is 8.78 Å². The van der Waals surface area contributed by atoms with Crippen LogP contribution in [0.15, 0.2) is 0 Å². The molecule has 3 heteroatoms. The van der Waals surface area contributed by atoms with Crippen molar-refractivity contribution in [1.29, 1.82) is 0 Å². The van der Waals surface area contributed by atoms with Crippen molar-refractivity contribution in [3.8, 4) is 0 Å². The smallest absolute Gasteiger partial charge is 0.264 e. The number of fused-ring (bicyclic) bond motifs is 2. The van der Waals surface area contributed by atoms with Gasteiger partial charge in [-0.05, 0) is 19.9 Å². The fourth-order valence-corrected chi connectivity index (χ4v) is 2.41. The van der Waals surface area contributed by atoms with Crippen molar-refractivity contribution in [3.63, 3.8) is 0 Å². The summed E-state index contributed by atoms with van der Waals surface area (Å²) in [6.07, 6.45) is 2.71. The largest absolute Gasteiger partial charge is 0.295 e. The van der Waals surface area contributed by atoms with Crippen LogP contribution in [0.4, 0.5) is 8.78 Å². The average molecular weight is 161 g/mol. The summed E-state index contributed by atoms with van der Waals surface area (Å²) in [6, 6.07) is -0.301. The van der Waals surface area contributed by atoms with Crippen LogP contribution in [0.1, 0.15) is 25.7 Å². The molecule has 0 aromatic heterocycles. The molecule has 2 aliphatic heterocycles. The van der Waals surface area contributed by atoms with Crippen LogP contribution in [-0.4, -0.2) is 30.0 Å². The molecule has 0 aromatic rings. The number of alkyl halides is 2. The molecule has 2 heterocycles. The Bertz CT molecular complexity index is 169. The van der Waals surface area contributed by atoms with E-state index in [1.54, 1.807) is 0 Å². The Morgan fingerprint density at radius 1 is 1.36 bits per heavy atom. The van der Waals surface area contributed by atoms with E-state index < -0.39 is 12.0 Å². The second kappa shape index (κ2) is 2.16. The maximum absolute atomic E-state index is 13.1. The van der Waals surface area contributed by atoms with Gasteiger partial charge in [-0.3, -0.25) is 4.90 Å². The molecule has 0 radical (unpaired) electrons. The van der Waals surface area contributed by atoms with Gasteiger partial charge in [0, 0.05) is 12.5 Å². The summed E-state index contributed by atoms with van der Waals surface area (Å²) in [4.78, 5) is 1.86. The van der Waals surface area contributed by atoms with E-state index in [-0.39, 0.29) is 12.5 Å². The molecule has 2 atom stereocenters. The first-order chi connectivity index (χ1) is 5.11. The Kier molecular flexibility index (Phi) is 1.46.